The molecule has 76 valence electrons. The number of hydrogen-bond acceptors (Lipinski definition) is 3. The van der Waals surface area contributed by atoms with Gasteiger partial charge >= 0.3 is 6.03 Å². The number of nitrogens with zero attached hydrogens (tertiary/aromatic N) is 3. The minimum absolute atomic E-state index is 0.576. The number of pyridine rings is 1. The van der Waals surface area contributed by atoms with Crippen LogP contribution in [0.15, 0.2) is 36.9 Å². The normalized spacial score (nSPS) is 10.1. The van der Waals surface area contributed by atoms with Crippen LogP contribution in [-0.2, 0) is 6.42 Å². The molecule has 0 aliphatic carbocycles. The summed E-state index contributed by atoms with van der Waals surface area (Å²) < 4.78 is 1.12. The van der Waals surface area contributed by atoms with Gasteiger partial charge in [-0.1, -0.05) is 6.07 Å². The number of primary amides is 1. The molecule has 0 unspecified atom stereocenters. The summed E-state index contributed by atoms with van der Waals surface area (Å²) in [6, 6.07) is 3.26. The van der Waals surface area contributed by atoms with Crippen LogP contribution >= 0.6 is 0 Å². The Morgan fingerprint density at radius 1 is 1.40 bits per heavy atom. The Morgan fingerprint density at radius 2 is 2.27 bits per heavy atom. The Labute approximate surface area is 86.5 Å². The Hall–Kier alpha value is -2.17. The lowest BCUT2D eigenvalue weighted by Gasteiger charge is -1.95. The molecule has 2 heterocycles. The van der Waals surface area contributed by atoms with Gasteiger partial charge in [-0.15, -0.1) is 0 Å². The van der Waals surface area contributed by atoms with E-state index in [0.29, 0.717) is 6.42 Å². The second kappa shape index (κ2) is 3.91. The van der Waals surface area contributed by atoms with Crippen molar-refractivity contribution in [3.63, 3.8) is 0 Å². The maximum Gasteiger partial charge on any atom is 0.339 e. The molecule has 15 heavy (non-hydrogen) atoms. The molecular formula is C10H10N4O. The molecule has 2 N–H and O–H groups in total. The van der Waals surface area contributed by atoms with Crippen molar-refractivity contribution in [2.45, 2.75) is 6.42 Å². The minimum Gasteiger partial charge on any atom is -0.350 e. The lowest BCUT2D eigenvalue weighted by molar-refractivity contribution is 0.247. The zero-order chi connectivity index (χ0) is 10.7. The van der Waals surface area contributed by atoms with Gasteiger partial charge in [0.15, 0.2) is 0 Å². The molecule has 0 spiro atoms. The van der Waals surface area contributed by atoms with Crippen LogP contribution in [0.3, 0.4) is 0 Å². The van der Waals surface area contributed by atoms with E-state index in [9.17, 15) is 4.79 Å². The number of rotatable bonds is 2. The summed E-state index contributed by atoms with van der Waals surface area (Å²) in [5.74, 6) is 0. The number of hydrogen-bond donors (Lipinski definition) is 1. The molecule has 0 aliphatic heterocycles. The lowest BCUT2D eigenvalue weighted by Crippen LogP contribution is -2.19. The first-order valence-electron chi connectivity index (χ1n) is 4.48. The highest BCUT2D eigenvalue weighted by molar-refractivity contribution is 5.73. The van der Waals surface area contributed by atoms with Crippen molar-refractivity contribution in [2.75, 3.05) is 0 Å². The SMILES string of the molecule is NC(=O)n1cc(Cc2cccnc2)cn1. The summed E-state index contributed by atoms with van der Waals surface area (Å²) in [6.45, 7) is 0. The van der Waals surface area contributed by atoms with Gasteiger partial charge in [0, 0.05) is 25.0 Å². The van der Waals surface area contributed by atoms with Gasteiger partial charge in [-0.05, 0) is 17.2 Å². The fourth-order valence-electron chi connectivity index (χ4n) is 1.31. The van der Waals surface area contributed by atoms with Gasteiger partial charge in [0.05, 0.1) is 6.20 Å². The summed E-state index contributed by atoms with van der Waals surface area (Å²) in [5, 5.41) is 3.83. The van der Waals surface area contributed by atoms with Crippen molar-refractivity contribution in [1.82, 2.24) is 14.8 Å². The van der Waals surface area contributed by atoms with Crippen molar-refractivity contribution in [3.05, 3.63) is 48.0 Å². The van der Waals surface area contributed by atoms with E-state index in [-0.39, 0.29) is 0 Å². The standard InChI is InChI=1S/C10H10N4O/c11-10(15)14-7-9(6-13-14)4-8-2-1-3-12-5-8/h1-3,5-7H,4H2,(H2,11,15). The van der Waals surface area contributed by atoms with E-state index >= 15 is 0 Å². The lowest BCUT2D eigenvalue weighted by atomic mass is 10.1. The van der Waals surface area contributed by atoms with Gasteiger partial charge in [-0.3, -0.25) is 4.98 Å². The third kappa shape index (κ3) is 2.19. The molecule has 2 rings (SSSR count). The largest absolute Gasteiger partial charge is 0.350 e. The highest BCUT2D eigenvalue weighted by atomic mass is 16.2. The molecule has 2 aromatic rings. The predicted molar refractivity (Wildman–Crippen MR) is 54.3 cm³/mol. The first-order valence-corrected chi connectivity index (χ1v) is 4.48. The molecule has 0 aromatic carbocycles. The molecule has 0 atom stereocenters. The third-order valence-corrected chi connectivity index (χ3v) is 1.99. The number of aromatic nitrogens is 3. The number of carbonyl (C=O) groups excluding carboxylic acids is 1. The van der Waals surface area contributed by atoms with E-state index in [1.54, 1.807) is 24.8 Å². The van der Waals surface area contributed by atoms with Gasteiger partial charge in [0.2, 0.25) is 0 Å². The van der Waals surface area contributed by atoms with Crippen LogP contribution in [0.5, 0.6) is 0 Å². The van der Waals surface area contributed by atoms with Gasteiger partial charge in [-0.25, -0.2) is 4.79 Å². The molecule has 0 radical (unpaired) electrons. The second-order valence-corrected chi connectivity index (χ2v) is 3.17. The van der Waals surface area contributed by atoms with Crippen LogP contribution in [0.4, 0.5) is 4.79 Å². The Bertz CT molecular complexity index is 463. The molecular weight excluding hydrogens is 192 g/mol. The molecule has 0 fully saturated rings. The van der Waals surface area contributed by atoms with Gasteiger partial charge in [0.25, 0.3) is 0 Å². The average molecular weight is 202 g/mol. The van der Waals surface area contributed by atoms with Gasteiger partial charge in [0.1, 0.15) is 0 Å². The van der Waals surface area contributed by atoms with Gasteiger partial charge < -0.3 is 5.73 Å². The van der Waals surface area contributed by atoms with Crippen molar-refractivity contribution in [2.24, 2.45) is 5.73 Å². The first-order chi connectivity index (χ1) is 7.25. The second-order valence-electron chi connectivity index (χ2n) is 3.17. The third-order valence-electron chi connectivity index (χ3n) is 1.99. The molecule has 0 saturated heterocycles. The summed E-state index contributed by atoms with van der Waals surface area (Å²) in [6.07, 6.45) is 7.44. The average Bonchev–Trinajstić information content (AvgIpc) is 2.68. The monoisotopic (exact) mass is 202 g/mol. The van der Waals surface area contributed by atoms with Crippen LogP contribution in [0.2, 0.25) is 0 Å². The molecule has 0 saturated carbocycles. The van der Waals surface area contributed by atoms with E-state index in [4.69, 9.17) is 5.73 Å². The maximum absolute atomic E-state index is 10.8. The predicted octanol–water partition coefficient (Wildman–Crippen LogP) is 0.796. The van der Waals surface area contributed by atoms with Crippen LogP contribution < -0.4 is 5.73 Å². The van der Waals surface area contributed by atoms with Gasteiger partial charge in [-0.2, -0.15) is 9.78 Å². The highest BCUT2D eigenvalue weighted by Crippen LogP contribution is 2.06. The van der Waals surface area contributed by atoms with Crippen LogP contribution in [0.25, 0.3) is 0 Å². The summed E-state index contributed by atoms with van der Waals surface area (Å²) in [5.41, 5.74) is 7.07. The fraction of sp³-hybridized carbons (Fsp3) is 0.100. The Balaban J connectivity index is 2.15. The van der Waals surface area contributed by atoms with Crippen molar-refractivity contribution in [3.8, 4) is 0 Å². The Kier molecular flexibility index (Phi) is 2.45. The number of amides is 1. The molecule has 1 amide bonds. The topological polar surface area (TPSA) is 73.8 Å². The fourth-order valence-corrected chi connectivity index (χ4v) is 1.31. The smallest absolute Gasteiger partial charge is 0.339 e. The Morgan fingerprint density at radius 3 is 2.87 bits per heavy atom. The summed E-state index contributed by atoms with van der Waals surface area (Å²) in [7, 11) is 0. The molecule has 0 bridgehead atoms. The minimum atomic E-state index is -0.576. The van der Waals surface area contributed by atoms with E-state index < -0.39 is 6.03 Å². The van der Waals surface area contributed by atoms with E-state index in [1.807, 2.05) is 12.1 Å². The first kappa shape index (κ1) is 9.39. The molecule has 5 heteroatoms. The molecule has 0 aliphatic rings. The highest BCUT2D eigenvalue weighted by Gasteiger charge is 2.03. The van der Waals surface area contributed by atoms with E-state index in [0.717, 1.165) is 15.8 Å². The van der Waals surface area contributed by atoms with Crippen molar-refractivity contribution < 1.29 is 4.79 Å². The van der Waals surface area contributed by atoms with Crippen molar-refractivity contribution in [1.29, 1.82) is 0 Å². The van der Waals surface area contributed by atoms with Crippen LogP contribution in [-0.4, -0.2) is 20.8 Å². The molecule has 5 nitrogen and oxygen atoms in total. The zero-order valence-corrected chi connectivity index (χ0v) is 8.00. The van der Waals surface area contributed by atoms with Crippen LogP contribution in [0.1, 0.15) is 11.1 Å². The summed E-state index contributed by atoms with van der Waals surface area (Å²) >= 11 is 0. The quantitative estimate of drug-likeness (QED) is 0.782. The maximum atomic E-state index is 10.8. The zero-order valence-electron chi connectivity index (χ0n) is 8.00. The molecule has 2 aromatic heterocycles. The van der Waals surface area contributed by atoms with Crippen molar-refractivity contribution >= 4 is 6.03 Å². The van der Waals surface area contributed by atoms with E-state index in [1.165, 1.54) is 0 Å². The van der Waals surface area contributed by atoms with Crippen LogP contribution in [0, 0.1) is 0 Å². The summed E-state index contributed by atoms with van der Waals surface area (Å²) in [4.78, 5) is 14.8. The number of nitrogens with two attached hydrogens (primary N) is 1. The number of carbonyl (C=O) groups is 1. The van der Waals surface area contributed by atoms with E-state index in [2.05, 4.69) is 10.1 Å².